The third-order valence-corrected chi connectivity index (χ3v) is 9.80. The minimum Gasteiger partial charge on any atom is -0.396 e. The smallest absolute Gasteiger partial charge is 0.244 e. The first kappa shape index (κ1) is 25.0. The van der Waals surface area contributed by atoms with Gasteiger partial charge in [-0.05, 0) is 50.2 Å². The lowest BCUT2D eigenvalue weighted by Gasteiger charge is -2.38. The van der Waals surface area contributed by atoms with Gasteiger partial charge in [-0.25, -0.2) is 0 Å². The van der Waals surface area contributed by atoms with E-state index in [1.807, 2.05) is 30.3 Å². The molecule has 1 aromatic carbocycles. The third kappa shape index (κ3) is 4.35. The van der Waals surface area contributed by atoms with Gasteiger partial charge in [0.15, 0.2) is 0 Å². The Hall–Kier alpha value is -2.06. The second-order valence-corrected chi connectivity index (χ2v) is 11.4. The number of para-hydroxylation sites is 1. The van der Waals surface area contributed by atoms with Crippen LogP contribution in [0.1, 0.15) is 52.4 Å². The summed E-state index contributed by atoms with van der Waals surface area (Å²) in [7, 11) is 0. The van der Waals surface area contributed by atoms with Crippen LogP contribution in [0.4, 0.5) is 5.69 Å². The predicted molar refractivity (Wildman–Crippen MR) is 134 cm³/mol. The Morgan fingerprint density at radius 3 is 2.62 bits per heavy atom. The average molecular weight is 488 g/mol. The van der Waals surface area contributed by atoms with E-state index in [-0.39, 0.29) is 35.5 Å². The van der Waals surface area contributed by atoms with Crippen LogP contribution in [0.5, 0.6) is 0 Å². The number of aliphatic hydroxyl groups is 1. The van der Waals surface area contributed by atoms with Crippen molar-refractivity contribution in [2.45, 2.75) is 68.4 Å². The molecule has 3 saturated heterocycles. The maximum absolute atomic E-state index is 13.9. The van der Waals surface area contributed by atoms with Crippen LogP contribution in [0.3, 0.4) is 0 Å². The highest BCUT2D eigenvalue weighted by Crippen LogP contribution is 2.68. The number of hydrogen-bond donors (Lipinski definition) is 3. The fourth-order valence-electron chi connectivity index (χ4n) is 6.16. The Kier molecular flexibility index (Phi) is 7.87. The van der Waals surface area contributed by atoms with E-state index in [1.54, 1.807) is 16.7 Å². The Morgan fingerprint density at radius 2 is 1.91 bits per heavy atom. The van der Waals surface area contributed by atoms with Gasteiger partial charge in [-0.2, -0.15) is 0 Å². The van der Waals surface area contributed by atoms with Gasteiger partial charge in [0, 0.05) is 30.6 Å². The molecule has 0 aliphatic carbocycles. The molecule has 7 nitrogen and oxygen atoms in total. The molecule has 3 unspecified atom stereocenters. The molecular weight excluding hydrogens is 450 g/mol. The highest BCUT2D eigenvalue weighted by molar-refractivity contribution is 8.02. The number of nitrogens with one attached hydrogen (secondary N) is 2. The number of carbonyl (C=O) groups is 3. The SMILES string of the molecule is CCCCNC(=O)C1N(CCCCCO)C(=O)[C@@H]2[C@H](C(=O)Nc3ccccc3)[C@@H]3CC(C)C12S3. The number of nitrogens with zero attached hydrogens (tertiary/aromatic N) is 1. The van der Waals surface area contributed by atoms with E-state index in [9.17, 15) is 14.4 Å². The van der Waals surface area contributed by atoms with Crippen LogP contribution in [0.25, 0.3) is 0 Å². The number of benzene rings is 1. The summed E-state index contributed by atoms with van der Waals surface area (Å²) < 4.78 is -0.576. The van der Waals surface area contributed by atoms with Crippen LogP contribution >= 0.6 is 11.8 Å². The standard InChI is InChI=1S/C26H37N3O4S/c1-3-4-13-27-24(32)22-26-17(2)16-19(34-26)20(23(31)28-18-11-7-5-8-12-18)21(26)25(33)29(22)14-9-6-10-15-30/h5,7-8,11-12,17,19-22,30H,3-4,6,9-10,13-16H2,1-2H3,(H,27,32)(H,28,31)/t17?,19-,20+,21-,22?,26?/m0/s1. The number of fused-ring (bicyclic) bond motifs is 1. The maximum Gasteiger partial charge on any atom is 0.244 e. The van der Waals surface area contributed by atoms with E-state index in [0.29, 0.717) is 19.5 Å². The number of amides is 3. The number of rotatable bonds is 11. The van der Waals surface area contributed by atoms with Crippen LogP contribution in [-0.4, -0.2) is 63.5 Å². The van der Waals surface area contributed by atoms with Crippen LogP contribution in [-0.2, 0) is 14.4 Å². The molecule has 3 heterocycles. The number of likely N-dealkylation sites (tertiary alicyclic amines) is 1. The number of aliphatic hydroxyl groups excluding tert-OH is 1. The van der Waals surface area contributed by atoms with Gasteiger partial charge in [0.2, 0.25) is 17.7 Å². The molecule has 3 aliphatic rings. The normalized spacial score (nSPS) is 31.6. The Labute approximate surface area is 206 Å². The van der Waals surface area contributed by atoms with E-state index in [2.05, 4.69) is 24.5 Å². The summed E-state index contributed by atoms with van der Waals surface area (Å²) in [6.07, 6.45) is 4.92. The van der Waals surface area contributed by atoms with Crippen LogP contribution in [0, 0.1) is 17.8 Å². The molecule has 0 radical (unpaired) electrons. The van der Waals surface area contributed by atoms with Gasteiger partial charge >= 0.3 is 0 Å². The zero-order chi connectivity index (χ0) is 24.3. The van der Waals surface area contributed by atoms with Crippen molar-refractivity contribution in [1.82, 2.24) is 10.2 Å². The monoisotopic (exact) mass is 487 g/mol. The summed E-state index contributed by atoms with van der Waals surface area (Å²) in [5.74, 6) is -1.04. The van der Waals surface area contributed by atoms with E-state index in [4.69, 9.17) is 5.11 Å². The zero-order valence-corrected chi connectivity index (χ0v) is 21.0. The first-order chi connectivity index (χ1) is 16.5. The third-order valence-electron chi connectivity index (χ3n) is 7.72. The second kappa shape index (κ2) is 10.7. The topological polar surface area (TPSA) is 98.7 Å². The summed E-state index contributed by atoms with van der Waals surface area (Å²) in [6, 6.07) is 8.79. The number of thioether (sulfide) groups is 1. The van der Waals surface area contributed by atoms with Gasteiger partial charge in [0.1, 0.15) is 6.04 Å². The van der Waals surface area contributed by atoms with Crippen molar-refractivity contribution in [2.75, 3.05) is 25.0 Å². The molecule has 3 fully saturated rings. The van der Waals surface area contributed by atoms with Crippen molar-refractivity contribution in [3.05, 3.63) is 30.3 Å². The Balaban J connectivity index is 1.62. The summed E-state index contributed by atoms with van der Waals surface area (Å²) >= 11 is 1.71. The highest BCUT2D eigenvalue weighted by Gasteiger charge is 2.75. The van der Waals surface area contributed by atoms with Gasteiger partial charge in [0.25, 0.3) is 0 Å². The van der Waals surface area contributed by atoms with Gasteiger partial charge in [-0.1, -0.05) is 38.5 Å². The molecular formula is C26H37N3O4S. The van der Waals surface area contributed by atoms with Gasteiger partial charge in [-0.15, -0.1) is 11.8 Å². The molecule has 2 bridgehead atoms. The van der Waals surface area contributed by atoms with E-state index in [1.165, 1.54) is 0 Å². The number of anilines is 1. The van der Waals surface area contributed by atoms with Crippen molar-refractivity contribution in [2.24, 2.45) is 17.8 Å². The van der Waals surface area contributed by atoms with Gasteiger partial charge in [-0.3, -0.25) is 14.4 Å². The van der Waals surface area contributed by atoms with Gasteiger partial charge < -0.3 is 20.6 Å². The fraction of sp³-hybridized carbons (Fsp3) is 0.654. The summed E-state index contributed by atoms with van der Waals surface area (Å²) in [4.78, 5) is 42.7. The summed E-state index contributed by atoms with van der Waals surface area (Å²) in [5.41, 5.74) is 0.725. The average Bonchev–Trinajstić information content (AvgIpc) is 3.41. The largest absolute Gasteiger partial charge is 0.396 e. The molecule has 4 rings (SSSR count). The van der Waals surface area contributed by atoms with Gasteiger partial charge in [0.05, 0.1) is 16.6 Å². The number of hydrogen-bond acceptors (Lipinski definition) is 5. The molecule has 1 spiro atoms. The lowest BCUT2D eigenvalue weighted by molar-refractivity contribution is -0.139. The molecule has 3 amide bonds. The van der Waals surface area contributed by atoms with Crippen molar-refractivity contribution < 1.29 is 19.5 Å². The summed E-state index contributed by atoms with van der Waals surface area (Å²) in [6.45, 7) is 5.42. The molecule has 0 saturated carbocycles. The van der Waals surface area contributed by atoms with Crippen molar-refractivity contribution in [3.63, 3.8) is 0 Å². The first-order valence-electron chi connectivity index (χ1n) is 12.7. The molecule has 3 N–H and O–H groups in total. The van der Waals surface area contributed by atoms with E-state index in [0.717, 1.165) is 37.8 Å². The van der Waals surface area contributed by atoms with Crippen molar-refractivity contribution >= 4 is 35.2 Å². The number of unbranched alkanes of at least 4 members (excludes halogenated alkanes) is 3. The highest BCUT2D eigenvalue weighted by atomic mass is 32.2. The van der Waals surface area contributed by atoms with E-state index < -0.39 is 22.6 Å². The maximum atomic E-state index is 13.9. The Morgan fingerprint density at radius 1 is 1.15 bits per heavy atom. The second-order valence-electron chi connectivity index (χ2n) is 9.87. The van der Waals surface area contributed by atoms with E-state index >= 15 is 0 Å². The first-order valence-corrected chi connectivity index (χ1v) is 13.6. The molecule has 186 valence electrons. The molecule has 3 aliphatic heterocycles. The minimum atomic E-state index is -0.576. The lowest BCUT2D eigenvalue weighted by Crippen LogP contribution is -2.56. The van der Waals surface area contributed by atoms with Crippen molar-refractivity contribution in [3.8, 4) is 0 Å². The van der Waals surface area contributed by atoms with Crippen LogP contribution in [0.15, 0.2) is 30.3 Å². The predicted octanol–water partition coefficient (Wildman–Crippen LogP) is 3.04. The molecule has 34 heavy (non-hydrogen) atoms. The van der Waals surface area contributed by atoms with Crippen molar-refractivity contribution in [1.29, 1.82) is 0 Å². The Bertz CT molecular complexity index is 897. The fourth-order valence-corrected chi connectivity index (χ4v) is 8.59. The van der Waals surface area contributed by atoms with Crippen LogP contribution < -0.4 is 10.6 Å². The molecule has 1 aromatic rings. The molecule has 6 atom stereocenters. The number of carbonyl (C=O) groups excluding carboxylic acids is 3. The lowest BCUT2D eigenvalue weighted by atomic mass is 9.66. The van der Waals surface area contributed by atoms with Crippen LogP contribution in [0.2, 0.25) is 0 Å². The zero-order valence-electron chi connectivity index (χ0n) is 20.2. The summed E-state index contributed by atoms with van der Waals surface area (Å²) in [5, 5.41) is 15.3. The minimum absolute atomic E-state index is 0.0372. The quantitative estimate of drug-likeness (QED) is 0.417. The molecule has 8 heteroatoms. The molecule has 0 aromatic heterocycles.